The van der Waals surface area contributed by atoms with E-state index in [0.29, 0.717) is 5.92 Å². The molecule has 2 nitrogen and oxygen atoms in total. The van der Waals surface area contributed by atoms with E-state index in [1.165, 1.54) is 0 Å². The van der Waals surface area contributed by atoms with E-state index in [4.69, 9.17) is 6.42 Å². The van der Waals surface area contributed by atoms with Crippen molar-refractivity contribution in [3.05, 3.63) is 0 Å². The number of carbonyl (C=O) groups is 1. The number of hydrogen-bond acceptors (Lipinski definition) is 2. The van der Waals surface area contributed by atoms with E-state index in [0.717, 1.165) is 13.1 Å². The summed E-state index contributed by atoms with van der Waals surface area (Å²) in [5.74, 6) is 3.21. The molecule has 1 fully saturated rings. The molecular weight excluding hydrogens is 138 g/mol. The molecule has 1 rings (SSSR count). The smallest absolute Gasteiger partial charge is 0.149 e. The molecule has 2 unspecified atom stereocenters. The first-order valence-electron chi connectivity index (χ1n) is 3.92. The van der Waals surface area contributed by atoms with Crippen molar-refractivity contribution in [3.63, 3.8) is 0 Å². The van der Waals surface area contributed by atoms with Crippen molar-refractivity contribution < 1.29 is 4.79 Å². The van der Waals surface area contributed by atoms with Crippen LogP contribution in [-0.4, -0.2) is 18.9 Å². The number of Topliss-reactive ketones (excluding diaryl/α,β-unsaturated/α-hetero) is 1. The van der Waals surface area contributed by atoms with Crippen LogP contribution in [0.15, 0.2) is 0 Å². The molecule has 0 aliphatic carbocycles. The van der Waals surface area contributed by atoms with Crippen LogP contribution in [-0.2, 0) is 4.79 Å². The zero-order chi connectivity index (χ0) is 8.27. The summed E-state index contributed by atoms with van der Waals surface area (Å²) in [5, 5.41) is 3.17. The van der Waals surface area contributed by atoms with Gasteiger partial charge in [-0.1, -0.05) is 12.8 Å². The molecule has 60 valence electrons. The minimum atomic E-state index is 0.158. The zero-order valence-electron chi connectivity index (χ0n) is 6.76. The average molecular weight is 151 g/mol. The fraction of sp³-hybridized carbons (Fsp3) is 0.667. The molecule has 0 bridgehead atoms. The Kier molecular flexibility index (Phi) is 2.67. The summed E-state index contributed by atoms with van der Waals surface area (Å²) < 4.78 is 0. The van der Waals surface area contributed by atoms with Crippen molar-refractivity contribution >= 4 is 5.78 Å². The SMILES string of the molecule is C#CCC(=O)C1CNCC1C. The van der Waals surface area contributed by atoms with Crippen molar-refractivity contribution in [1.82, 2.24) is 5.32 Å². The Morgan fingerprint density at radius 2 is 2.45 bits per heavy atom. The van der Waals surface area contributed by atoms with Crippen LogP contribution in [0.5, 0.6) is 0 Å². The van der Waals surface area contributed by atoms with E-state index >= 15 is 0 Å². The van der Waals surface area contributed by atoms with Gasteiger partial charge in [-0.2, -0.15) is 0 Å². The van der Waals surface area contributed by atoms with Gasteiger partial charge in [0.2, 0.25) is 0 Å². The predicted molar refractivity (Wildman–Crippen MR) is 44.0 cm³/mol. The number of terminal acetylenes is 1. The van der Waals surface area contributed by atoms with Crippen LogP contribution in [0.4, 0.5) is 0 Å². The van der Waals surface area contributed by atoms with Gasteiger partial charge in [0.05, 0.1) is 6.42 Å². The molecule has 0 aromatic rings. The molecule has 1 aliphatic rings. The molecule has 2 atom stereocenters. The number of nitrogens with one attached hydrogen (secondary N) is 1. The molecule has 0 saturated carbocycles. The highest BCUT2D eigenvalue weighted by atomic mass is 16.1. The normalized spacial score (nSPS) is 29.8. The summed E-state index contributed by atoms with van der Waals surface area (Å²) in [4.78, 5) is 11.3. The largest absolute Gasteiger partial charge is 0.316 e. The van der Waals surface area contributed by atoms with Crippen LogP contribution >= 0.6 is 0 Å². The fourth-order valence-electron chi connectivity index (χ4n) is 1.47. The van der Waals surface area contributed by atoms with Crippen LogP contribution in [0.2, 0.25) is 0 Å². The topological polar surface area (TPSA) is 29.1 Å². The van der Waals surface area contributed by atoms with Gasteiger partial charge >= 0.3 is 0 Å². The van der Waals surface area contributed by atoms with Crippen LogP contribution in [0.25, 0.3) is 0 Å². The van der Waals surface area contributed by atoms with Gasteiger partial charge in [-0.3, -0.25) is 4.79 Å². The van der Waals surface area contributed by atoms with E-state index in [2.05, 4.69) is 18.2 Å². The minimum Gasteiger partial charge on any atom is -0.316 e. The van der Waals surface area contributed by atoms with Crippen LogP contribution in [0, 0.1) is 24.2 Å². The predicted octanol–water partition coefficient (Wildman–Crippen LogP) is 0.434. The van der Waals surface area contributed by atoms with Crippen LogP contribution in [0.3, 0.4) is 0 Å². The summed E-state index contributed by atoms with van der Waals surface area (Å²) in [5.41, 5.74) is 0. The van der Waals surface area contributed by atoms with Crippen molar-refractivity contribution in [2.75, 3.05) is 13.1 Å². The molecule has 1 N–H and O–H groups in total. The van der Waals surface area contributed by atoms with Gasteiger partial charge < -0.3 is 5.32 Å². The number of ketones is 1. The standard InChI is InChI=1S/C9H13NO/c1-3-4-9(11)8-6-10-5-7(8)2/h1,7-8,10H,4-6H2,2H3. The first-order valence-corrected chi connectivity index (χ1v) is 3.92. The van der Waals surface area contributed by atoms with E-state index < -0.39 is 0 Å². The molecule has 0 amide bonds. The van der Waals surface area contributed by atoms with E-state index in [1.54, 1.807) is 0 Å². The molecule has 0 aromatic carbocycles. The van der Waals surface area contributed by atoms with Gasteiger partial charge in [0.1, 0.15) is 5.78 Å². The average Bonchev–Trinajstić information content (AvgIpc) is 2.36. The van der Waals surface area contributed by atoms with Gasteiger partial charge in [0, 0.05) is 12.5 Å². The monoisotopic (exact) mass is 151 g/mol. The lowest BCUT2D eigenvalue weighted by atomic mass is 9.92. The number of rotatable bonds is 2. The maximum atomic E-state index is 11.3. The molecular formula is C9H13NO. The fourth-order valence-corrected chi connectivity index (χ4v) is 1.47. The molecule has 0 radical (unpaired) electrons. The van der Waals surface area contributed by atoms with E-state index in [-0.39, 0.29) is 18.1 Å². The summed E-state index contributed by atoms with van der Waals surface area (Å²) in [6.07, 6.45) is 5.34. The lowest BCUT2D eigenvalue weighted by Gasteiger charge is -2.09. The van der Waals surface area contributed by atoms with Gasteiger partial charge in [-0.15, -0.1) is 6.42 Å². The molecule has 0 aromatic heterocycles. The Morgan fingerprint density at radius 3 is 2.91 bits per heavy atom. The lowest BCUT2D eigenvalue weighted by Crippen LogP contribution is -2.20. The Balaban J connectivity index is 2.47. The Labute approximate surface area is 67.4 Å². The highest BCUT2D eigenvalue weighted by Gasteiger charge is 2.28. The molecule has 1 saturated heterocycles. The summed E-state index contributed by atoms with van der Waals surface area (Å²) >= 11 is 0. The number of hydrogen-bond donors (Lipinski definition) is 1. The quantitative estimate of drug-likeness (QED) is 0.580. The second-order valence-electron chi connectivity index (χ2n) is 3.09. The van der Waals surface area contributed by atoms with Crippen molar-refractivity contribution in [1.29, 1.82) is 0 Å². The third kappa shape index (κ3) is 1.81. The Hall–Kier alpha value is -0.810. The third-order valence-electron chi connectivity index (χ3n) is 2.21. The molecule has 1 aliphatic heterocycles. The molecule has 1 heterocycles. The van der Waals surface area contributed by atoms with Crippen LogP contribution < -0.4 is 5.32 Å². The van der Waals surface area contributed by atoms with Crippen molar-refractivity contribution in [2.45, 2.75) is 13.3 Å². The second kappa shape index (κ2) is 3.54. The van der Waals surface area contributed by atoms with Gasteiger partial charge in [0.25, 0.3) is 0 Å². The van der Waals surface area contributed by atoms with E-state index in [9.17, 15) is 4.79 Å². The maximum Gasteiger partial charge on any atom is 0.149 e. The first-order chi connectivity index (χ1) is 5.25. The third-order valence-corrected chi connectivity index (χ3v) is 2.21. The van der Waals surface area contributed by atoms with Gasteiger partial charge in [-0.05, 0) is 12.5 Å². The van der Waals surface area contributed by atoms with Gasteiger partial charge in [-0.25, -0.2) is 0 Å². The number of carbonyl (C=O) groups excluding carboxylic acids is 1. The van der Waals surface area contributed by atoms with E-state index in [1.807, 2.05) is 0 Å². The van der Waals surface area contributed by atoms with Crippen LogP contribution in [0.1, 0.15) is 13.3 Å². The second-order valence-corrected chi connectivity index (χ2v) is 3.09. The summed E-state index contributed by atoms with van der Waals surface area (Å²) in [6, 6.07) is 0. The zero-order valence-corrected chi connectivity index (χ0v) is 6.76. The van der Waals surface area contributed by atoms with Crippen molar-refractivity contribution in [2.24, 2.45) is 11.8 Å². The molecule has 0 spiro atoms. The lowest BCUT2D eigenvalue weighted by molar-refractivity contribution is -0.122. The van der Waals surface area contributed by atoms with Gasteiger partial charge in [0.15, 0.2) is 0 Å². The molecule has 2 heteroatoms. The minimum absolute atomic E-state index is 0.158. The summed E-state index contributed by atoms with van der Waals surface area (Å²) in [6.45, 7) is 3.84. The highest BCUT2D eigenvalue weighted by molar-refractivity contribution is 5.83. The Bertz CT molecular complexity index is 192. The maximum absolute atomic E-state index is 11.3. The van der Waals surface area contributed by atoms with Crippen molar-refractivity contribution in [3.8, 4) is 12.3 Å². The highest BCUT2D eigenvalue weighted by Crippen LogP contribution is 2.17. The summed E-state index contributed by atoms with van der Waals surface area (Å²) in [7, 11) is 0. The Morgan fingerprint density at radius 1 is 1.73 bits per heavy atom. The first kappa shape index (κ1) is 8.29. The molecule has 11 heavy (non-hydrogen) atoms.